The van der Waals surface area contributed by atoms with Crippen LogP contribution in [-0.4, -0.2) is 29.0 Å². The molecule has 1 aliphatic heterocycles. The molecule has 108 valence electrons. The summed E-state index contributed by atoms with van der Waals surface area (Å²) in [6.07, 6.45) is 0.708. The van der Waals surface area contributed by atoms with Gasteiger partial charge in [-0.2, -0.15) is 0 Å². The summed E-state index contributed by atoms with van der Waals surface area (Å²) in [5, 5.41) is 13.1. The zero-order valence-electron chi connectivity index (χ0n) is 11.9. The molecule has 0 saturated carbocycles. The third kappa shape index (κ3) is 2.70. The molecule has 3 rings (SSSR count). The molecule has 1 unspecified atom stereocenters. The number of nitrogens with zero attached hydrogens (tertiary/aromatic N) is 1. The van der Waals surface area contributed by atoms with E-state index in [0.29, 0.717) is 13.0 Å². The lowest BCUT2D eigenvalue weighted by Gasteiger charge is -2.22. The number of fused-ring (bicyclic) bond motifs is 1. The van der Waals surface area contributed by atoms with Crippen molar-refractivity contribution in [1.29, 1.82) is 0 Å². The van der Waals surface area contributed by atoms with Crippen LogP contribution in [-0.2, 0) is 17.8 Å². The van der Waals surface area contributed by atoms with Gasteiger partial charge < -0.3 is 15.3 Å². The number of rotatable bonds is 3. The SMILES string of the molecule is CN(Cc1ccccc1O)C(=O)C1Cc2ccccc2N1. The summed E-state index contributed by atoms with van der Waals surface area (Å²) in [5.41, 5.74) is 2.96. The number of likely N-dealkylation sites (N-methyl/N-ethyl adjacent to an activating group) is 1. The lowest BCUT2D eigenvalue weighted by Crippen LogP contribution is -2.39. The number of hydrogen-bond acceptors (Lipinski definition) is 3. The summed E-state index contributed by atoms with van der Waals surface area (Å²) >= 11 is 0. The summed E-state index contributed by atoms with van der Waals surface area (Å²) in [6.45, 7) is 0.403. The van der Waals surface area contributed by atoms with E-state index in [2.05, 4.69) is 5.32 Å². The number of anilines is 1. The zero-order valence-corrected chi connectivity index (χ0v) is 11.9. The van der Waals surface area contributed by atoms with Crippen molar-refractivity contribution in [2.24, 2.45) is 0 Å². The maximum atomic E-state index is 12.5. The molecule has 0 aromatic heterocycles. The van der Waals surface area contributed by atoms with E-state index >= 15 is 0 Å². The molecule has 4 nitrogen and oxygen atoms in total. The summed E-state index contributed by atoms with van der Waals surface area (Å²) in [7, 11) is 1.76. The smallest absolute Gasteiger partial charge is 0.245 e. The molecule has 1 amide bonds. The van der Waals surface area contributed by atoms with Crippen LogP contribution in [0.1, 0.15) is 11.1 Å². The molecule has 1 aliphatic rings. The molecule has 2 aromatic carbocycles. The second-order valence-electron chi connectivity index (χ2n) is 5.38. The summed E-state index contributed by atoms with van der Waals surface area (Å²) < 4.78 is 0. The number of hydrogen-bond donors (Lipinski definition) is 2. The fourth-order valence-corrected chi connectivity index (χ4v) is 2.69. The van der Waals surface area contributed by atoms with Crippen molar-refractivity contribution in [3.8, 4) is 5.75 Å². The van der Waals surface area contributed by atoms with Gasteiger partial charge in [-0.1, -0.05) is 36.4 Å². The van der Waals surface area contributed by atoms with Crippen LogP contribution < -0.4 is 5.32 Å². The van der Waals surface area contributed by atoms with E-state index in [4.69, 9.17) is 0 Å². The van der Waals surface area contributed by atoms with E-state index in [9.17, 15) is 9.90 Å². The second-order valence-corrected chi connectivity index (χ2v) is 5.38. The van der Waals surface area contributed by atoms with E-state index in [1.54, 1.807) is 24.1 Å². The van der Waals surface area contributed by atoms with Gasteiger partial charge >= 0.3 is 0 Å². The third-order valence-corrected chi connectivity index (χ3v) is 3.84. The predicted octanol–water partition coefficient (Wildman–Crippen LogP) is 2.39. The number of amides is 1. The first-order chi connectivity index (χ1) is 10.1. The molecule has 0 fully saturated rings. The van der Waals surface area contributed by atoms with Crippen molar-refractivity contribution in [1.82, 2.24) is 4.90 Å². The molecular weight excluding hydrogens is 264 g/mol. The number of para-hydroxylation sites is 2. The topological polar surface area (TPSA) is 52.6 Å². The lowest BCUT2D eigenvalue weighted by atomic mass is 10.1. The molecule has 21 heavy (non-hydrogen) atoms. The Morgan fingerprint density at radius 2 is 1.95 bits per heavy atom. The molecule has 0 saturated heterocycles. The van der Waals surface area contributed by atoms with Crippen LogP contribution in [0.4, 0.5) is 5.69 Å². The van der Waals surface area contributed by atoms with Gasteiger partial charge in [-0.05, 0) is 17.7 Å². The minimum atomic E-state index is -0.224. The quantitative estimate of drug-likeness (QED) is 0.909. The Morgan fingerprint density at radius 1 is 1.24 bits per heavy atom. The lowest BCUT2D eigenvalue weighted by molar-refractivity contribution is -0.131. The fraction of sp³-hybridized carbons (Fsp3) is 0.235. The molecule has 0 bridgehead atoms. The van der Waals surface area contributed by atoms with Crippen molar-refractivity contribution in [2.45, 2.75) is 19.0 Å². The number of carbonyl (C=O) groups is 1. The second kappa shape index (κ2) is 5.48. The molecule has 0 radical (unpaired) electrons. The average Bonchev–Trinajstić information content (AvgIpc) is 2.92. The van der Waals surface area contributed by atoms with Gasteiger partial charge in [0.2, 0.25) is 5.91 Å². The Labute approximate surface area is 124 Å². The van der Waals surface area contributed by atoms with Gasteiger partial charge in [0.15, 0.2) is 0 Å². The van der Waals surface area contributed by atoms with Crippen LogP contribution in [0.3, 0.4) is 0 Å². The Bertz CT molecular complexity index is 644. The van der Waals surface area contributed by atoms with Gasteiger partial charge in [-0.15, -0.1) is 0 Å². The highest BCUT2D eigenvalue weighted by Gasteiger charge is 2.28. The fourth-order valence-electron chi connectivity index (χ4n) is 2.69. The van der Waals surface area contributed by atoms with Crippen molar-refractivity contribution in [2.75, 3.05) is 12.4 Å². The number of nitrogens with one attached hydrogen (secondary N) is 1. The number of aromatic hydroxyl groups is 1. The Morgan fingerprint density at radius 3 is 2.71 bits per heavy atom. The first kappa shape index (κ1) is 13.5. The average molecular weight is 282 g/mol. The van der Waals surface area contributed by atoms with Crippen LogP contribution in [0.5, 0.6) is 5.75 Å². The molecule has 1 atom stereocenters. The third-order valence-electron chi connectivity index (χ3n) is 3.84. The Balaban J connectivity index is 1.68. The molecule has 0 aliphatic carbocycles. The predicted molar refractivity (Wildman–Crippen MR) is 82.1 cm³/mol. The normalized spacial score (nSPS) is 16.1. The monoisotopic (exact) mass is 282 g/mol. The van der Waals surface area contributed by atoms with Gasteiger partial charge in [0, 0.05) is 31.3 Å². The van der Waals surface area contributed by atoms with Crippen molar-refractivity contribution in [3.63, 3.8) is 0 Å². The molecular formula is C17H18N2O2. The molecule has 2 N–H and O–H groups in total. The minimum Gasteiger partial charge on any atom is -0.508 e. The zero-order chi connectivity index (χ0) is 14.8. The molecule has 4 heteroatoms. The van der Waals surface area contributed by atoms with E-state index in [0.717, 1.165) is 11.3 Å². The largest absolute Gasteiger partial charge is 0.508 e. The maximum absolute atomic E-state index is 12.5. The van der Waals surface area contributed by atoms with Gasteiger partial charge in [-0.3, -0.25) is 4.79 Å². The maximum Gasteiger partial charge on any atom is 0.245 e. The highest BCUT2D eigenvalue weighted by atomic mass is 16.3. The van der Waals surface area contributed by atoms with E-state index in [1.165, 1.54) is 5.56 Å². The van der Waals surface area contributed by atoms with Gasteiger partial charge in [0.1, 0.15) is 11.8 Å². The van der Waals surface area contributed by atoms with Crippen LogP contribution >= 0.6 is 0 Å². The number of phenols is 1. The summed E-state index contributed by atoms with van der Waals surface area (Å²) in [6, 6.07) is 14.9. The summed E-state index contributed by atoms with van der Waals surface area (Å²) in [5.74, 6) is 0.259. The highest BCUT2D eigenvalue weighted by Crippen LogP contribution is 2.26. The van der Waals surface area contributed by atoms with Gasteiger partial charge in [0.05, 0.1) is 0 Å². The van der Waals surface area contributed by atoms with Crippen molar-refractivity contribution < 1.29 is 9.90 Å². The molecule has 0 spiro atoms. The van der Waals surface area contributed by atoms with Crippen LogP contribution in [0.2, 0.25) is 0 Å². The first-order valence-corrected chi connectivity index (χ1v) is 7.01. The van der Waals surface area contributed by atoms with E-state index in [-0.39, 0.29) is 17.7 Å². The summed E-state index contributed by atoms with van der Waals surface area (Å²) in [4.78, 5) is 14.2. The van der Waals surface area contributed by atoms with Crippen LogP contribution in [0.25, 0.3) is 0 Å². The Kier molecular flexibility index (Phi) is 3.52. The molecule has 1 heterocycles. The van der Waals surface area contributed by atoms with Crippen molar-refractivity contribution >= 4 is 11.6 Å². The standard InChI is InChI=1S/C17H18N2O2/c1-19(11-13-7-3-5-9-16(13)20)17(21)15-10-12-6-2-4-8-14(12)18-15/h2-9,15,18,20H,10-11H2,1H3. The number of phenolic OH excluding ortho intramolecular Hbond substituents is 1. The van der Waals surface area contributed by atoms with Gasteiger partial charge in [0.25, 0.3) is 0 Å². The Hall–Kier alpha value is -2.49. The minimum absolute atomic E-state index is 0.0365. The van der Waals surface area contributed by atoms with Crippen LogP contribution in [0, 0.1) is 0 Å². The number of carbonyl (C=O) groups excluding carboxylic acids is 1. The van der Waals surface area contributed by atoms with Crippen molar-refractivity contribution in [3.05, 3.63) is 59.7 Å². The van der Waals surface area contributed by atoms with E-state index in [1.807, 2.05) is 36.4 Å². The van der Waals surface area contributed by atoms with Gasteiger partial charge in [-0.25, -0.2) is 0 Å². The van der Waals surface area contributed by atoms with E-state index < -0.39 is 0 Å². The number of benzene rings is 2. The first-order valence-electron chi connectivity index (χ1n) is 7.01. The molecule has 2 aromatic rings. The van der Waals surface area contributed by atoms with Crippen LogP contribution in [0.15, 0.2) is 48.5 Å². The highest BCUT2D eigenvalue weighted by molar-refractivity contribution is 5.87.